The Morgan fingerprint density at radius 3 is 2.89 bits per heavy atom. The fraction of sp³-hybridized carbons (Fsp3) is 0.500. The molecule has 1 aromatic rings. The predicted molar refractivity (Wildman–Crippen MR) is 67.4 cm³/mol. The fourth-order valence-electron chi connectivity index (χ4n) is 2.30. The van der Waals surface area contributed by atoms with Crippen LogP contribution < -0.4 is 5.32 Å². The molecule has 1 aliphatic carbocycles. The number of nitriles is 1. The van der Waals surface area contributed by atoms with Crippen molar-refractivity contribution in [3.05, 3.63) is 30.1 Å². The Balaban J connectivity index is 1.92. The van der Waals surface area contributed by atoms with Gasteiger partial charge in [0.15, 0.2) is 0 Å². The van der Waals surface area contributed by atoms with Crippen LogP contribution in [0.4, 0.5) is 0 Å². The highest BCUT2D eigenvalue weighted by atomic mass is 16.1. The summed E-state index contributed by atoms with van der Waals surface area (Å²) in [7, 11) is 0. The molecule has 0 aromatic carbocycles. The lowest BCUT2D eigenvalue weighted by Gasteiger charge is -2.14. The Kier molecular flexibility index (Phi) is 4.30. The average Bonchev–Trinajstić information content (AvgIpc) is 2.90. The summed E-state index contributed by atoms with van der Waals surface area (Å²) in [5.41, 5.74) is 0.783. The van der Waals surface area contributed by atoms with E-state index in [2.05, 4.69) is 16.4 Å². The number of aromatic nitrogens is 1. The molecule has 1 N–H and O–H groups in total. The first-order chi connectivity index (χ1) is 8.79. The number of nitrogens with zero attached hydrogens (tertiary/aromatic N) is 2. The summed E-state index contributed by atoms with van der Waals surface area (Å²) < 4.78 is 0. The van der Waals surface area contributed by atoms with Gasteiger partial charge in [0, 0.05) is 24.4 Å². The van der Waals surface area contributed by atoms with Crippen molar-refractivity contribution in [1.82, 2.24) is 10.3 Å². The number of amides is 1. The van der Waals surface area contributed by atoms with Crippen molar-refractivity contribution < 1.29 is 4.79 Å². The predicted octanol–water partition coefficient (Wildman–Crippen LogP) is 1.82. The third-order valence-electron chi connectivity index (χ3n) is 3.31. The second-order valence-electron chi connectivity index (χ2n) is 4.70. The molecule has 1 saturated carbocycles. The van der Waals surface area contributed by atoms with E-state index in [1.165, 1.54) is 12.8 Å². The Morgan fingerprint density at radius 2 is 2.28 bits per heavy atom. The molecule has 1 fully saturated rings. The maximum Gasteiger partial charge on any atom is 0.237 e. The zero-order valence-electron chi connectivity index (χ0n) is 10.3. The van der Waals surface area contributed by atoms with Crippen molar-refractivity contribution in [2.45, 2.75) is 38.1 Å². The number of carbonyl (C=O) groups excluding carboxylic acids is 1. The second kappa shape index (κ2) is 6.15. The number of nitrogens with one attached hydrogen (secondary N) is 1. The van der Waals surface area contributed by atoms with Crippen LogP contribution in [0.3, 0.4) is 0 Å². The van der Waals surface area contributed by atoms with E-state index in [-0.39, 0.29) is 11.9 Å². The van der Waals surface area contributed by atoms with Crippen LogP contribution >= 0.6 is 0 Å². The van der Waals surface area contributed by atoms with E-state index < -0.39 is 5.92 Å². The molecule has 1 unspecified atom stereocenters. The van der Waals surface area contributed by atoms with E-state index in [1.807, 2.05) is 18.2 Å². The normalized spacial score (nSPS) is 17.1. The molecule has 1 amide bonds. The number of pyridine rings is 1. The van der Waals surface area contributed by atoms with Gasteiger partial charge in [0.2, 0.25) is 5.91 Å². The van der Waals surface area contributed by atoms with Crippen LogP contribution in [0, 0.1) is 17.2 Å². The van der Waals surface area contributed by atoms with Crippen LogP contribution in [0.15, 0.2) is 24.4 Å². The first-order valence-electron chi connectivity index (χ1n) is 6.39. The minimum absolute atomic E-state index is 0.157. The summed E-state index contributed by atoms with van der Waals surface area (Å²) in [6.45, 7) is 0. The lowest BCUT2D eigenvalue weighted by molar-refractivity contribution is -0.124. The van der Waals surface area contributed by atoms with Gasteiger partial charge in [-0.15, -0.1) is 0 Å². The van der Waals surface area contributed by atoms with E-state index >= 15 is 0 Å². The summed E-state index contributed by atoms with van der Waals surface area (Å²) >= 11 is 0. The van der Waals surface area contributed by atoms with Gasteiger partial charge in [0.05, 0.1) is 6.07 Å². The van der Waals surface area contributed by atoms with Crippen LogP contribution in [-0.2, 0) is 11.2 Å². The van der Waals surface area contributed by atoms with Gasteiger partial charge < -0.3 is 5.32 Å². The van der Waals surface area contributed by atoms with E-state index in [9.17, 15) is 4.79 Å². The van der Waals surface area contributed by atoms with Gasteiger partial charge in [-0.05, 0) is 25.0 Å². The van der Waals surface area contributed by atoms with Gasteiger partial charge in [-0.2, -0.15) is 5.26 Å². The van der Waals surface area contributed by atoms with Gasteiger partial charge in [0.25, 0.3) is 0 Å². The van der Waals surface area contributed by atoms with E-state index in [4.69, 9.17) is 5.26 Å². The topological polar surface area (TPSA) is 65.8 Å². The van der Waals surface area contributed by atoms with E-state index in [1.54, 1.807) is 6.20 Å². The zero-order valence-corrected chi connectivity index (χ0v) is 10.3. The van der Waals surface area contributed by atoms with Crippen molar-refractivity contribution in [3.63, 3.8) is 0 Å². The molecule has 0 saturated heterocycles. The molecule has 18 heavy (non-hydrogen) atoms. The summed E-state index contributed by atoms with van der Waals surface area (Å²) in [4.78, 5) is 16.1. The molecule has 2 rings (SSSR count). The minimum Gasteiger partial charge on any atom is -0.352 e. The molecule has 0 radical (unpaired) electrons. The standard InChI is InChI=1S/C14H17N3O/c15-10-11(9-13-7-3-4-8-16-13)14(18)17-12-5-1-2-6-12/h3-4,7-8,11-12H,1-2,5-6,9H2,(H,17,18). The number of rotatable bonds is 4. The molecular weight excluding hydrogens is 226 g/mol. The van der Waals surface area contributed by atoms with E-state index in [0.717, 1.165) is 18.5 Å². The number of hydrogen-bond donors (Lipinski definition) is 1. The van der Waals surface area contributed by atoms with Crippen LogP contribution in [0.1, 0.15) is 31.4 Å². The Hall–Kier alpha value is -1.89. The van der Waals surface area contributed by atoms with Crippen LogP contribution in [0.5, 0.6) is 0 Å². The van der Waals surface area contributed by atoms with Gasteiger partial charge in [0.1, 0.15) is 5.92 Å². The lowest BCUT2D eigenvalue weighted by Crippen LogP contribution is -2.37. The van der Waals surface area contributed by atoms with Gasteiger partial charge in [-0.3, -0.25) is 9.78 Å². The maximum absolute atomic E-state index is 12.0. The number of carbonyl (C=O) groups is 1. The third kappa shape index (κ3) is 3.30. The second-order valence-corrected chi connectivity index (χ2v) is 4.70. The Bertz CT molecular complexity index is 432. The fourth-order valence-corrected chi connectivity index (χ4v) is 2.30. The van der Waals surface area contributed by atoms with Gasteiger partial charge in [-0.25, -0.2) is 0 Å². The lowest BCUT2D eigenvalue weighted by atomic mass is 10.0. The van der Waals surface area contributed by atoms with Crippen molar-refractivity contribution in [1.29, 1.82) is 5.26 Å². The summed E-state index contributed by atoms with van der Waals surface area (Å²) in [6.07, 6.45) is 6.47. The molecule has 94 valence electrons. The highest BCUT2D eigenvalue weighted by Gasteiger charge is 2.23. The molecule has 0 spiro atoms. The van der Waals surface area contributed by atoms with Crippen LogP contribution in [0.25, 0.3) is 0 Å². The van der Waals surface area contributed by atoms with Crippen LogP contribution in [0.2, 0.25) is 0 Å². The molecule has 4 nitrogen and oxygen atoms in total. The molecule has 0 aliphatic heterocycles. The SMILES string of the molecule is N#CC(Cc1ccccn1)C(=O)NC1CCCC1. The minimum atomic E-state index is -0.638. The molecule has 1 heterocycles. The first-order valence-corrected chi connectivity index (χ1v) is 6.39. The van der Waals surface area contributed by atoms with Crippen molar-refractivity contribution >= 4 is 5.91 Å². The summed E-state index contributed by atoms with van der Waals surface area (Å²) in [5.74, 6) is -0.796. The molecule has 4 heteroatoms. The van der Waals surface area contributed by atoms with Crippen molar-refractivity contribution in [2.75, 3.05) is 0 Å². The number of hydrogen-bond acceptors (Lipinski definition) is 3. The largest absolute Gasteiger partial charge is 0.352 e. The van der Waals surface area contributed by atoms with Crippen molar-refractivity contribution in [3.8, 4) is 6.07 Å². The Morgan fingerprint density at radius 1 is 1.50 bits per heavy atom. The van der Waals surface area contributed by atoms with Gasteiger partial charge in [-0.1, -0.05) is 18.9 Å². The van der Waals surface area contributed by atoms with Crippen LogP contribution in [-0.4, -0.2) is 16.9 Å². The van der Waals surface area contributed by atoms with Gasteiger partial charge >= 0.3 is 0 Å². The molecule has 1 aliphatic rings. The quantitative estimate of drug-likeness (QED) is 0.877. The third-order valence-corrected chi connectivity index (χ3v) is 3.31. The monoisotopic (exact) mass is 243 g/mol. The molecular formula is C14H17N3O. The first kappa shape index (κ1) is 12.6. The van der Waals surface area contributed by atoms with Crippen molar-refractivity contribution in [2.24, 2.45) is 5.92 Å². The molecule has 0 bridgehead atoms. The average molecular weight is 243 g/mol. The highest BCUT2D eigenvalue weighted by molar-refractivity contribution is 5.81. The maximum atomic E-state index is 12.0. The highest BCUT2D eigenvalue weighted by Crippen LogP contribution is 2.18. The zero-order chi connectivity index (χ0) is 12.8. The summed E-state index contributed by atoms with van der Waals surface area (Å²) in [6, 6.07) is 7.86. The molecule has 1 atom stereocenters. The summed E-state index contributed by atoms with van der Waals surface area (Å²) in [5, 5.41) is 12.1. The smallest absolute Gasteiger partial charge is 0.237 e. The Labute approximate surface area is 107 Å². The molecule has 1 aromatic heterocycles. The van der Waals surface area contributed by atoms with E-state index in [0.29, 0.717) is 6.42 Å².